The lowest BCUT2D eigenvalue weighted by Crippen LogP contribution is -2.64. The van der Waals surface area contributed by atoms with Gasteiger partial charge in [-0.3, -0.25) is 18.6 Å². The fourth-order valence-corrected chi connectivity index (χ4v) is 8.25. The molecule has 0 aromatic rings. The van der Waals surface area contributed by atoms with Gasteiger partial charge in [0.25, 0.3) is 0 Å². The van der Waals surface area contributed by atoms with Gasteiger partial charge < -0.3 is 39.9 Å². The van der Waals surface area contributed by atoms with Crippen molar-refractivity contribution in [3.05, 3.63) is 60.8 Å². The number of phosphoric ester groups is 1. The minimum atomic E-state index is -5.14. The average Bonchev–Trinajstić information content (AvgIpc) is 3.29. The number of unbranched alkanes of at least 4 members (excludes halogenated alkanes) is 19. The van der Waals surface area contributed by atoms with E-state index in [0.717, 1.165) is 64.2 Å². The molecule has 1 saturated carbocycles. The van der Waals surface area contributed by atoms with E-state index in [4.69, 9.17) is 18.5 Å². The summed E-state index contributed by atoms with van der Waals surface area (Å²) >= 11 is 0. The van der Waals surface area contributed by atoms with Crippen LogP contribution in [0.3, 0.4) is 0 Å². The molecule has 13 nitrogen and oxygen atoms in total. The van der Waals surface area contributed by atoms with Gasteiger partial charge in [-0.2, -0.15) is 0 Å². The number of allylic oxidation sites excluding steroid dienone is 10. The highest BCUT2D eigenvalue weighted by Crippen LogP contribution is 2.47. The van der Waals surface area contributed by atoms with Gasteiger partial charge in [-0.25, -0.2) is 4.57 Å². The number of aliphatic hydroxyl groups excluding tert-OH is 5. The first-order valence-corrected chi connectivity index (χ1v) is 26.6. The van der Waals surface area contributed by atoms with E-state index in [0.29, 0.717) is 19.3 Å². The summed E-state index contributed by atoms with van der Waals surface area (Å²) in [5, 5.41) is 50.2. The third-order valence-electron chi connectivity index (χ3n) is 11.3. The van der Waals surface area contributed by atoms with Crippen molar-refractivity contribution in [3.63, 3.8) is 0 Å². The number of carbonyl (C=O) groups is 2. The Hall–Kier alpha value is -2.45. The van der Waals surface area contributed by atoms with Gasteiger partial charge in [0, 0.05) is 12.8 Å². The molecule has 0 aromatic heterocycles. The summed E-state index contributed by atoms with van der Waals surface area (Å²) in [6.45, 7) is 3.23. The van der Waals surface area contributed by atoms with E-state index in [1.165, 1.54) is 83.5 Å². The molecule has 1 fully saturated rings. The molecule has 14 heteroatoms. The van der Waals surface area contributed by atoms with Crippen LogP contribution < -0.4 is 0 Å². The first-order chi connectivity index (χ1) is 31.4. The van der Waals surface area contributed by atoms with E-state index in [1.54, 1.807) is 0 Å². The molecule has 8 atom stereocenters. The molecule has 0 radical (unpaired) electrons. The molecular weight excluding hydrogens is 852 g/mol. The second-order valence-corrected chi connectivity index (χ2v) is 18.7. The van der Waals surface area contributed by atoms with Crippen molar-refractivity contribution in [1.82, 2.24) is 0 Å². The van der Waals surface area contributed by atoms with Crippen LogP contribution in [0.25, 0.3) is 0 Å². The monoisotopic (exact) mass is 941 g/mol. The summed E-state index contributed by atoms with van der Waals surface area (Å²) in [6, 6.07) is 0. The SMILES string of the molecule is CCCCC/C=C\C/C=C\C/C=C\C/C=C\CCCC(=O)OC[C@H](COP(=O)(O)OC1C(O)C(O)C(O)[C@@H](O)C1O)OC(=O)CCCCCCCCC/C=C\CCCCCCCCCC. The van der Waals surface area contributed by atoms with Crippen LogP contribution in [-0.2, 0) is 32.7 Å². The quantitative estimate of drug-likeness (QED) is 0.0146. The normalized spacial score (nSPS) is 21.9. The maximum Gasteiger partial charge on any atom is 0.472 e. The topological polar surface area (TPSA) is 210 Å². The Morgan fingerprint density at radius 2 is 0.846 bits per heavy atom. The first kappa shape index (κ1) is 60.6. The van der Waals surface area contributed by atoms with E-state index < -0.39 is 75.7 Å². The number of hydrogen-bond donors (Lipinski definition) is 6. The van der Waals surface area contributed by atoms with Crippen LogP contribution in [-0.4, -0.2) is 98.3 Å². The molecule has 1 rings (SSSR count). The Labute approximate surface area is 392 Å². The summed E-state index contributed by atoms with van der Waals surface area (Å²) in [5.74, 6) is -1.17. The van der Waals surface area contributed by atoms with Crippen LogP contribution in [0.15, 0.2) is 60.8 Å². The molecule has 6 N–H and O–H groups in total. The van der Waals surface area contributed by atoms with Gasteiger partial charge in [0.15, 0.2) is 6.10 Å². The zero-order valence-electron chi connectivity index (χ0n) is 40.0. The standard InChI is InChI=1S/C51H89O13P/c1-3-5-7-9-11-13-15-17-19-21-22-24-26-28-30-32-34-36-38-40-45(53)63-43(42-62-65(59,60)64-51-49(57)47(55)46(54)48(56)50(51)58)41-61-44(52)39-37-35-33-31-29-27-25-23-20-18-16-14-12-10-8-6-4-2/h12,14,18,20-22,25,27,31,33,43,46-51,54-58H,3-11,13,15-17,19,23-24,26,28-30,32,34-42H2,1-2H3,(H,59,60)/b14-12-,20-18-,22-21-,27-25-,33-31-/t43-,46?,47-,48?,49?,50?,51?/m1/s1. The van der Waals surface area contributed by atoms with E-state index in [9.17, 15) is 44.6 Å². The minimum Gasteiger partial charge on any atom is -0.462 e. The molecular formula is C51H89O13P. The largest absolute Gasteiger partial charge is 0.472 e. The Kier molecular flexibility index (Phi) is 37.8. The molecule has 0 bridgehead atoms. The van der Waals surface area contributed by atoms with Crippen LogP contribution in [0.4, 0.5) is 0 Å². The highest BCUT2D eigenvalue weighted by Gasteiger charge is 2.51. The van der Waals surface area contributed by atoms with Crippen molar-refractivity contribution in [1.29, 1.82) is 0 Å². The molecule has 376 valence electrons. The van der Waals surface area contributed by atoms with Crippen LogP contribution in [0.1, 0.15) is 194 Å². The number of rotatable bonds is 41. The number of ether oxygens (including phenoxy) is 2. The molecule has 0 spiro atoms. The Morgan fingerprint density at radius 1 is 0.477 bits per heavy atom. The van der Waals surface area contributed by atoms with Crippen LogP contribution in [0, 0.1) is 0 Å². The average molecular weight is 941 g/mol. The Morgan fingerprint density at radius 3 is 1.35 bits per heavy atom. The van der Waals surface area contributed by atoms with Gasteiger partial charge in [0.2, 0.25) is 0 Å². The first-order valence-electron chi connectivity index (χ1n) is 25.1. The van der Waals surface area contributed by atoms with Gasteiger partial charge in [-0.15, -0.1) is 0 Å². The number of esters is 2. The zero-order chi connectivity index (χ0) is 47.8. The summed E-state index contributed by atoms with van der Waals surface area (Å²) < 4.78 is 33.5. The van der Waals surface area contributed by atoms with Crippen molar-refractivity contribution < 1.29 is 63.1 Å². The van der Waals surface area contributed by atoms with Gasteiger partial charge in [0.05, 0.1) is 6.61 Å². The van der Waals surface area contributed by atoms with Crippen molar-refractivity contribution in [3.8, 4) is 0 Å². The van der Waals surface area contributed by atoms with E-state index in [2.05, 4.69) is 62.5 Å². The predicted molar refractivity (Wildman–Crippen MR) is 258 cm³/mol. The lowest BCUT2D eigenvalue weighted by molar-refractivity contribution is -0.220. The zero-order valence-corrected chi connectivity index (χ0v) is 40.9. The molecule has 6 unspecified atom stereocenters. The summed E-state index contributed by atoms with van der Waals surface area (Å²) in [4.78, 5) is 35.8. The van der Waals surface area contributed by atoms with E-state index in [1.807, 2.05) is 12.2 Å². The number of phosphoric acid groups is 1. The van der Waals surface area contributed by atoms with E-state index >= 15 is 0 Å². The fraction of sp³-hybridized carbons (Fsp3) is 0.765. The maximum absolute atomic E-state index is 12.8. The fourth-order valence-electron chi connectivity index (χ4n) is 7.27. The molecule has 65 heavy (non-hydrogen) atoms. The summed E-state index contributed by atoms with van der Waals surface area (Å²) in [6.07, 6.45) is 37.0. The minimum absolute atomic E-state index is 0.0784. The van der Waals surface area contributed by atoms with Crippen molar-refractivity contribution >= 4 is 19.8 Å². The van der Waals surface area contributed by atoms with Crippen molar-refractivity contribution in [2.75, 3.05) is 13.2 Å². The third kappa shape index (κ3) is 32.8. The third-order valence-corrected chi connectivity index (χ3v) is 12.3. The second-order valence-electron chi connectivity index (χ2n) is 17.3. The number of aliphatic hydroxyl groups is 5. The van der Waals surface area contributed by atoms with Gasteiger partial charge >= 0.3 is 19.8 Å². The highest BCUT2D eigenvalue weighted by atomic mass is 31.2. The van der Waals surface area contributed by atoms with Gasteiger partial charge in [-0.05, 0) is 77.0 Å². The molecule has 0 aromatic carbocycles. The van der Waals surface area contributed by atoms with Crippen LogP contribution in [0.5, 0.6) is 0 Å². The van der Waals surface area contributed by atoms with Crippen LogP contribution >= 0.6 is 7.82 Å². The van der Waals surface area contributed by atoms with Crippen molar-refractivity contribution in [2.45, 2.75) is 236 Å². The lowest BCUT2D eigenvalue weighted by atomic mass is 9.85. The van der Waals surface area contributed by atoms with Crippen molar-refractivity contribution in [2.24, 2.45) is 0 Å². The molecule has 1 aliphatic carbocycles. The number of hydrogen-bond acceptors (Lipinski definition) is 12. The maximum atomic E-state index is 12.8. The Bertz CT molecular complexity index is 1370. The van der Waals surface area contributed by atoms with Gasteiger partial charge in [0.1, 0.15) is 43.2 Å². The Balaban J connectivity index is 2.46. The lowest BCUT2D eigenvalue weighted by Gasteiger charge is -2.41. The van der Waals surface area contributed by atoms with Crippen LogP contribution in [0.2, 0.25) is 0 Å². The van der Waals surface area contributed by atoms with Gasteiger partial charge in [-0.1, -0.05) is 164 Å². The van der Waals surface area contributed by atoms with E-state index in [-0.39, 0.29) is 12.8 Å². The molecule has 0 aliphatic heterocycles. The predicted octanol–water partition coefficient (Wildman–Crippen LogP) is 10.5. The smallest absolute Gasteiger partial charge is 0.462 e. The number of carbonyl (C=O) groups excluding carboxylic acids is 2. The summed E-state index contributed by atoms with van der Waals surface area (Å²) in [7, 11) is -5.14. The second kappa shape index (κ2) is 40.6. The molecule has 0 amide bonds. The molecule has 0 saturated heterocycles. The summed E-state index contributed by atoms with van der Waals surface area (Å²) in [5.41, 5.74) is 0. The molecule has 1 aliphatic rings. The highest BCUT2D eigenvalue weighted by molar-refractivity contribution is 7.47. The molecule has 0 heterocycles.